The highest BCUT2D eigenvalue weighted by Crippen LogP contribution is 2.36. The van der Waals surface area contributed by atoms with Crippen molar-refractivity contribution in [2.24, 2.45) is 0 Å². The molecule has 0 saturated carbocycles. The minimum atomic E-state index is -0.852. The van der Waals surface area contributed by atoms with Crippen molar-refractivity contribution in [1.82, 2.24) is 4.90 Å². The third-order valence-electron chi connectivity index (χ3n) is 5.45. The molecule has 1 atom stereocenters. The number of ether oxygens (including phenoxy) is 3. The lowest BCUT2D eigenvalue weighted by Crippen LogP contribution is -2.41. The summed E-state index contributed by atoms with van der Waals surface area (Å²) in [7, 11) is 0. The number of fused-ring (bicyclic) bond motifs is 2. The van der Waals surface area contributed by atoms with Crippen LogP contribution in [0, 0.1) is 0 Å². The number of para-hydroxylation sites is 1. The summed E-state index contributed by atoms with van der Waals surface area (Å²) in [6, 6.07) is 21.3. The Morgan fingerprint density at radius 2 is 1.62 bits per heavy atom. The number of hydrogen-bond donors (Lipinski definition) is 1. The van der Waals surface area contributed by atoms with E-state index in [2.05, 4.69) is 5.32 Å². The van der Waals surface area contributed by atoms with E-state index in [0.29, 0.717) is 41.7 Å². The van der Waals surface area contributed by atoms with Crippen LogP contribution in [0.3, 0.4) is 0 Å². The summed E-state index contributed by atoms with van der Waals surface area (Å²) < 4.78 is 16.9. The van der Waals surface area contributed by atoms with Crippen LogP contribution in [-0.2, 0) is 16.1 Å². The van der Waals surface area contributed by atoms with Gasteiger partial charge in [-0.1, -0.05) is 48.5 Å². The number of benzene rings is 3. The Labute approximate surface area is 185 Å². The van der Waals surface area contributed by atoms with Crippen molar-refractivity contribution in [1.29, 1.82) is 0 Å². The second-order valence-electron chi connectivity index (χ2n) is 7.58. The monoisotopic (exact) mass is 430 g/mol. The van der Waals surface area contributed by atoms with Gasteiger partial charge in [-0.2, -0.15) is 0 Å². The van der Waals surface area contributed by atoms with E-state index in [1.165, 1.54) is 0 Å². The van der Waals surface area contributed by atoms with Crippen LogP contribution in [-0.4, -0.2) is 36.5 Å². The molecule has 0 aromatic heterocycles. The third kappa shape index (κ3) is 3.97. The first-order valence-corrected chi connectivity index (χ1v) is 10.4. The first kappa shape index (κ1) is 19.9. The van der Waals surface area contributed by atoms with Crippen LogP contribution >= 0.6 is 0 Å². The number of nitrogens with zero attached hydrogens (tertiary/aromatic N) is 1. The van der Waals surface area contributed by atoms with E-state index < -0.39 is 6.04 Å². The lowest BCUT2D eigenvalue weighted by atomic mass is 10.0. The summed E-state index contributed by atoms with van der Waals surface area (Å²) in [5, 5.41) is 2.94. The average molecular weight is 430 g/mol. The fourth-order valence-corrected chi connectivity index (χ4v) is 3.95. The Bertz CT molecular complexity index is 1150. The second kappa shape index (κ2) is 8.63. The maximum atomic E-state index is 13.6. The normalized spacial score (nSPS) is 17.1. The lowest BCUT2D eigenvalue weighted by molar-refractivity contribution is -0.140. The van der Waals surface area contributed by atoms with E-state index >= 15 is 0 Å². The lowest BCUT2D eigenvalue weighted by Gasteiger charge is -2.29. The van der Waals surface area contributed by atoms with E-state index in [1.54, 1.807) is 29.2 Å². The Morgan fingerprint density at radius 3 is 2.47 bits per heavy atom. The summed E-state index contributed by atoms with van der Waals surface area (Å²) in [6.45, 7) is 1.11. The molecule has 0 saturated heterocycles. The smallest absolute Gasteiger partial charge is 0.261 e. The van der Waals surface area contributed by atoms with Crippen molar-refractivity contribution in [3.05, 3.63) is 83.9 Å². The van der Waals surface area contributed by atoms with E-state index in [4.69, 9.17) is 14.2 Å². The van der Waals surface area contributed by atoms with Gasteiger partial charge in [0.05, 0.1) is 0 Å². The van der Waals surface area contributed by atoms with Gasteiger partial charge >= 0.3 is 0 Å². The zero-order valence-corrected chi connectivity index (χ0v) is 17.3. The van der Waals surface area contributed by atoms with Crippen LogP contribution in [0.25, 0.3) is 0 Å². The molecule has 2 aliphatic rings. The van der Waals surface area contributed by atoms with Gasteiger partial charge in [-0.3, -0.25) is 9.59 Å². The van der Waals surface area contributed by atoms with Crippen molar-refractivity contribution in [2.45, 2.75) is 12.6 Å². The zero-order chi connectivity index (χ0) is 21.9. The number of hydrogen-bond acceptors (Lipinski definition) is 5. The summed E-state index contributed by atoms with van der Waals surface area (Å²) in [4.78, 5) is 28.2. The van der Waals surface area contributed by atoms with Crippen molar-refractivity contribution in [3.63, 3.8) is 0 Å². The Kier molecular flexibility index (Phi) is 5.37. The SMILES string of the molecule is O=C(Nc1ccc2c(c1)OCCO2)C1c2ccccc2OCC(=O)N1Cc1ccccc1. The van der Waals surface area contributed by atoms with Gasteiger partial charge in [0, 0.05) is 23.9 Å². The van der Waals surface area contributed by atoms with Crippen molar-refractivity contribution in [2.75, 3.05) is 25.1 Å². The Balaban J connectivity index is 1.49. The molecule has 2 heterocycles. The van der Waals surface area contributed by atoms with Gasteiger partial charge in [-0.05, 0) is 23.8 Å². The molecule has 5 rings (SSSR count). The van der Waals surface area contributed by atoms with E-state index in [9.17, 15) is 9.59 Å². The van der Waals surface area contributed by atoms with Crippen LogP contribution < -0.4 is 19.5 Å². The van der Waals surface area contributed by atoms with Crippen molar-refractivity contribution in [3.8, 4) is 17.2 Å². The number of carbonyl (C=O) groups is 2. The highest BCUT2D eigenvalue weighted by molar-refractivity contribution is 5.99. The molecule has 0 bridgehead atoms. The molecule has 32 heavy (non-hydrogen) atoms. The fraction of sp³-hybridized carbons (Fsp3) is 0.200. The number of amides is 2. The molecule has 0 fully saturated rings. The predicted octanol–water partition coefficient (Wildman–Crippen LogP) is 3.56. The minimum Gasteiger partial charge on any atom is -0.486 e. The highest BCUT2D eigenvalue weighted by Gasteiger charge is 2.36. The number of anilines is 1. The minimum absolute atomic E-state index is 0.127. The van der Waals surface area contributed by atoms with E-state index in [0.717, 1.165) is 5.56 Å². The first-order valence-electron chi connectivity index (χ1n) is 10.4. The molecule has 0 radical (unpaired) electrons. The van der Waals surface area contributed by atoms with Gasteiger partial charge < -0.3 is 24.4 Å². The largest absolute Gasteiger partial charge is 0.486 e. The van der Waals surface area contributed by atoms with Gasteiger partial charge in [0.2, 0.25) is 0 Å². The van der Waals surface area contributed by atoms with Crippen LogP contribution in [0.15, 0.2) is 72.8 Å². The van der Waals surface area contributed by atoms with Gasteiger partial charge in [0.25, 0.3) is 11.8 Å². The van der Waals surface area contributed by atoms with Gasteiger partial charge in [0.15, 0.2) is 18.1 Å². The molecular formula is C25H22N2O5. The highest BCUT2D eigenvalue weighted by atomic mass is 16.6. The zero-order valence-electron chi connectivity index (χ0n) is 17.3. The molecule has 7 heteroatoms. The molecule has 0 aliphatic carbocycles. The summed E-state index contributed by atoms with van der Waals surface area (Å²) in [6.07, 6.45) is 0. The van der Waals surface area contributed by atoms with Crippen molar-refractivity contribution >= 4 is 17.5 Å². The topological polar surface area (TPSA) is 77.1 Å². The molecule has 2 aliphatic heterocycles. The van der Waals surface area contributed by atoms with Gasteiger partial charge in [0.1, 0.15) is 25.0 Å². The number of nitrogens with one attached hydrogen (secondary N) is 1. The summed E-state index contributed by atoms with van der Waals surface area (Å²) in [5.74, 6) is 1.16. The van der Waals surface area contributed by atoms with Gasteiger partial charge in [-0.15, -0.1) is 0 Å². The second-order valence-corrected chi connectivity index (χ2v) is 7.58. The average Bonchev–Trinajstić information content (AvgIpc) is 2.96. The van der Waals surface area contributed by atoms with E-state index in [-0.39, 0.29) is 25.0 Å². The molecule has 3 aromatic carbocycles. The molecule has 3 aromatic rings. The Morgan fingerprint density at radius 1 is 0.875 bits per heavy atom. The van der Waals surface area contributed by atoms with Gasteiger partial charge in [-0.25, -0.2) is 0 Å². The molecule has 1 unspecified atom stereocenters. The fourth-order valence-electron chi connectivity index (χ4n) is 3.95. The van der Waals surface area contributed by atoms with Crippen molar-refractivity contribution < 1.29 is 23.8 Å². The van der Waals surface area contributed by atoms with Crippen LogP contribution in [0.2, 0.25) is 0 Å². The first-order chi connectivity index (χ1) is 15.7. The molecule has 0 spiro atoms. The number of carbonyl (C=O) groups excluding carboxylic acids is 2. The Hall–Kier alpha value is -4.00. The summed E-state index contributed by atoms with van der Waals surface area (Å²) >= 11 is 0. The standard InChI is InChI=1S/C25H22N2O5/c28-23-16-32-20-9-5-4-8-19(20)24(27(23)15-17-6-2-1-3-7-17)25(29)26-18-10-11-21-22(14-18)31-13-12-30-21/h1-11,14,24H,12-13,15-16H2,(H,26,29). The molecule has 162 valence electrons. The molecule has 2 amide bonds. The van der Waals surface area contributed by atoms with E-state index in [1.807, 2.05) is 48.5 Å². The number of rotatable bonds is 4. The maximum Gasteiger partial charge on any atom is 0.261 e. The van der Waals surface area contributed by atoms with Crippen LogP contribution in [0.5, 0.6) is 17.2 Å². The quantitative estimate of drug-likeness (QED) is 0.685. The summed E-state index contributed by atoms with van der Waals surface area (Å²) in [5.41, 5.74) is 2.13. The molecule has 1 N–H and O–H groups in total. The van der Waals surface area contributed by atoms with Crippen LogP contribution in [0.1, 0.15) is 17.2 Å². The maximum absolute atomic E-state index is 13.6. The third-order valence-corrected chi connectivity index (χ3v) is 5.45. The van der Waals surface area contributed by atoms with Crippen LogP contribution in [0.4, 0.5) is 5.69 Å². The molecular weight excluding hydrogens is 408 g/mol. The molecule has 7 nitrogen and oxygen atoms in total. The predicted molar refractivity (Wildman–Crippen MR) is 118 cm³/mol.